The van der Waals surface area contributed by atoms with E-state index in [1.165, 1.54) is 5.56 Å². The first-order valence-corrected chi connectivity index (χ1v) is 14.1. The van der Waals surface area contributed by atoms with Gasteiger partial charge in [0, 0.05) is 11.4 Å². The van der Waals surface area contributed by atoms with E-state index in [4.69, 9.17) is 20.3 Å². The average Bonchev–Trinajstić information content (AvgIpc) is 3.26. The van der Waals surface area contributed by atoms with Crippen LogP contribution in [0.1, 0.15) is 56.3 Å². The lowest BCUT2D eigenvalue weighted by Gasteiger charge is -2.28. The normalized spacial score (nSPS) is 14.8. The molecule has 0 saturated carbocycles. The zero-order valence-electron chi connectivity index (χ0n) is 21.5. The largest absolute Gasteiger partial charge is 0.490 e. The fraction of sp³-hybridized carbons (Fsp3) is 0.370. The van der Waals surface area contributed by atoms with Gasteiger partial charge in [-0.1, -0.05) is 54.9 Å². The number of aryl methyl sites for hydroxylation is 1. The number of halogens is 1. The van der Waals surface area contributed by atoms with Crippen molar-refractivity contribution in [1.82, 2.24) is 14.8 Å². The molecule has 3 N–H and O–H groups in total. The summed E-state index contributed by atoms with van der Waals surface area (Å²) in [5, 5.41) is 8.59. The second kappa shape index (κ2) is 12.0. The van der Waals surface area contributed by atoms with Gasteiger partial charge in [0.15, 0.2) is 11.5 Å². The van der Waals surface area contributed by atoms with Crippen LogP contribution in [0.2, 0.25) is 0 Å². The summed E-state index contributed by atoms with van der Waals surface area (Å²) < 4.78 is 14.6. The summed E-state index contributed by atoms with van der Waals surface area (Å²) in [5.74, 6) is 2.13. The van der Waals surface area contributed by atoms with Crippen molar-refractivity contribution in [3.05, 3.63) is 68.8 Å². The third-order valence-electron chi connectivity index (χ3n) is 5.98. The van der Waals surface area contributed by atoms with Crippen LogP contribution < -0.4 is 20.5 Å². The number of benzene rings is 2. The summed E-state index contributed by atoms with van der Waals surface area (Å²) in [5.41, 5.74) is 9.96. The first-order chi connectivity index (χ1) is 17.8. The van der Waals surface area contributed by atoms with E-state index in [0.29, 0.717) is 51.6 Å². The third-order valence-corrected chi connectivity index (χ3v) is 7.49. The molecule has 3 aromatic rings. The van der Waals surface area contributed by atoms with E-state index >= 15 is 0 Å². The van der Waals surface area contributed by atoms with E-state index < -0.39 is 11.9 Å². The van der Waals surface area contributed by atoms with Crippen LogP contribution in [0.5, 0.6) is 11.5 Å². The number of hydrogen-bond acceptors (Lipinski definition) is 7. The van der Waals surface area contributed by atoms with Gasteiger partial charge in [-0.25, -0.2) is 4.68 Å². The van der Waals surface area contributed by atoms with Gasteiger partial charge in [0.2, 0.25) is 17.0 Å². The van der Waals surface area contributed by atoms with Gasteiger partial charge >= 0.3 is 0 Å². The highest BCUT2D eigenvalue weighted by molar-refractivity contribution is 9.10. The molecule has 0 radical (unpaired) electrons. The SMILES string of the molecule is CCCCSc1nc2n(n1)C(c1cc(Br)c(OCc3ccc(C)cc3)c(OCC)c1)C(C(N)=O)=C(C)N2. The molecule has 2 aromatic carbocycles. The maximum Gasteiger partial charge on any atom is 0.248 e. The van der Waals surface area contributed by atoms with Gasteiger partial charge < -0.3 is 20.5 Å². The second-order valence-corrected chi connectivity index (χ2v) is 10.7. The molecule has 196 valence electrons. The number of carbonyl (C=O) groups excluding carboxylic acids is 1. The molecular formula is C27H32BrN5O3S. The van der Waals surface area contributed by atoms with Crippen LogP contribution in [0.25, 0.3) is 0 Å². The van der Waals surface area contributed by atoms with Crippen molar-refractivity contribution in [3.63, 3.8) is 0 Å². The number of aromatic nitrogens is 3. The number of primary amides is 1. The Bertz CT molecular complexity index is 1310. The molecule has 1 aromatic heterocycles. The zero-order valence-corrected chi connectivity index (χ0v) is 23.9. The highest BCUT2D eigenvalue weighted by Gasteiger charge is 2.34. The Balaban J connectivity index is 1.73. The molecule has 1 unspecified atom stereocenters. The van der Waals surface area contributed by atoms with E-state index in [9.17, 15) is 4.79 Å². The number of anilines is 1. The van der Waals surface area contributed by atoms with Gasteiger partial charge in [-0.15, -0.1) is 5.10 Å². The maximum atomic E-state index is 12.6. The molecule has 0 saturated heterocycles. The topological polar surface area (TPSA) is 104 Å². The summed E-state index contributed by atoms with van der Waals surface area (Å²) in [7, 11) is 0. The maximum absolute atomic E-state index is 12.6. The number of hydrogen-bond donors (Lipinski definition) is 2. The highest BCUT2D eigenvalue weighted by atomic mass is 79.9. The van der Waals surface area contributed by atoms with E-state index in [0.717, 1.165) is 29.7 Å². The number of allylic oxidation sites excluding steroid dienone is 1. The number of nitrogens with zero attached hydrogens (tertiary/aromatic N) is 3. The van der Waals surface area contributed by atoms with Crippen LogP contribution in [0.15, 0.2) is 57.3 Å². The van der Waals surface area contributed by atoms with Crippen LogP contribution >= 0.6 is 27.7 Å². The number of nitrogens with one attached hydrogen (secondary N) is 1. The number of carbonyl (C=O) groups is 1. The Morgan fingerprint density at radius 2 is 1.95 bits per heavy atom. The molecule has 4 rings (SSSR count). The predicted molar refractivity (Wildman–Crippen MR) is 150 cm³/mol. The van der Waals surface area contributed by atoms with Gasteiger partial charge in [-0.3, -0.25) is 4.79 Å². The van der Waals surface area contributed by atoms with E-state index in [1.807, 2.05) is 38.1 Å². The Morgan fingerprint density at radius 1 is 1.19 bits per heavy atom. The number of amides is 1. The molecule has 2 heterocycles. The molecule has 8 nitrogen and oxygen atoms in total. The van der Waals surface area contributed by atoms with Crippen molar-refractivity contribution in [2.24, 2.45) is 5.73 Å². The average molecular weight is 587 g/mol. The zero-order chi connectivity index (χ0) is 26.5. The number of thioether (sulfide) groups is 1. The molecular weight excluding hydrogens is 554 g/mol. The van der Waals surface area contributed by atoms with Crippen molar-refractivity contribution < 1.29 is 14.3 Å². The van der Waals surface area contributed by atoms with Gasteiger partial charge in [0.25, 0.3) is 0 Å². The van der Waals surface area contributed by atoms with E-state index in [1.54, 1.807) is 16.4 Å². The van der Waals surface area contributed by atoms with Crippen molar-refractivity contribution in [1.29, 1.82) is 0 Å². The first-order valence-electron chi connectivity index (χ1n) is 12.3. The van der Waals surface area contributed by atoms with Crippen LogP contribution in [-0.4, -0.2) is 33.0 Å². The summed E-state index contributed by atoms with van der Waals surface area (Å²) >= 11 is 5.27. The Kier molecular flexibility index (Phi) is 8.81. The molecule has 1 atom stereocenters. The fourth-order valence-corrected chi connectivity index (χ4v) is 5.60. The number of fused-ring (bicyclic) bond motifs is 1. The molecule has 0 aliphatic carbocycles. The van der Waals surface area contributed by atoms with Gasteiger partial charge in [0.05, 0.1) is 16.7 Å². The number of unbranched alkanes of at least 4 members (excludes halogenated alkanes) is 1. The van der Waals surface area contributed by atoms with Crippen LogP contribution in [-0.2, 0) is 11.4 Å². The smallest absolute Gasteiger partial charge is 0.248 e. The summed E-state index contributed by atoms with van der Waals surface area (Å²) in [6.07, 6.45) is 2.17. The predicted octanol–water partition coefficient (Wildman–Crippen LogP) is 5.99. The van der Waals surface area contributed by atoms with Crippen molar-refractivity contribution in [2.45, 2.75) is 58.3 Å². The second-order valence-electron chi connectivity index (χ2n) is 8.83. The lowest BCUT2D eigenvalue weighted by atomic mass is 9.95. The molecule has 0 spiro atoms. The molecule has 1 aliphatic heterocycles. The molecule has 1 aliphatic rings. The highest BCUT2D eigenvalue weighted by Crippen LogP contribution is 2.43. The summed E-state index contributed by atoms with van der Waals surface area (Å²) in [6, 6.07) is 11.5. The molecule has 1 amide bonds. The van der Waals surface area contributed by atoms with Crippen molar-refractivity contribution in [3.8, 4) is 11.5 Å². The van der Waals surface area contributed by atoms with E-state index in [2.05, 4.69) is 52.2 Å². The molecule has 0 fully saturated rings. The summed E-state index contributed by atoms with van der Waals surface area (Å²) in [4.78, 5) is 17.3. The minimum Gasteiger partial charge on any atom is -0.490 e. The molecule has 10 heteroatoms. The third kappa shape index (κ3) is 6.13. The number of nitrogens with two attached hydrogens (primary N) is 1. The standard InChI is InChI=1S/C27H32BrN5O3S/c1-5-7-12-37-27-31-26-30-17(4)22(25(29)34)23(33(26)32-27)19-13-20(28)24(21(14-19)35-6-2)36-15-18-10-8-16(3)9-11-18/h8-11,13-14,23H,5-7,12,15H2,1-4H3,(H2,29,34)(H,30,31,32). The summed E-state index contributed by atoms with van der Waals surface area (Å²) in [6.45, 7) is 8.79. The minimum absolute atomic E-state index is 0.392. The van der Waals surface area contributed by atoms with Gasteiger partial charge in [0.1, 0.15) is 12.6 Å². The lowest BCUT2D eigenvalue weighted by Crippen LogP contribution is -2.32. The number of rotatable bonds is 11. The van der Waals surface area contributed by atoms with Gasteiger partial charge in [-0.2, -0.15) is 4.98 Å². The van der Waals surface area contributed by atoms with Gasteiger partial charge in [-0.05, 0) is 66.4 Å². The lowest BCUT2D eigenvalue weighted by molar-refractivity contribution is -0.115. The molecule has 0 bridgehead atoms. The number of ether oxygens (including phenoxy) is 2. The van der Waals surface area contributed by atoms with Crippen LogP contribution in [0.3, 0.4) is 0 Å². The quantitative estimate of drug-likeness (QED) is 0.210. The van der Waals surface area contributed by atoms with Crippen LogP contribution in [0, 0.1) is 6.92 Å². The first kappa shape index (κ1) is 27.1. The Hall–Kier alpha value is -2.98. The Labute approximate surface area is 230 Å². The van der Waals surface area contributed by atoms with Crippen molar-refractivity contribution >= 4 is 39.5 Å². The van der Waals surface area contributed by atoms with Crippen molar-refractivity contribution in [2.75, 3.05) is 17.7 Å². The monoisotopic (exact) mass is 585 g/mol. The van der Waals surface area contributed by atoms with E-state index in [-0.39, 0.29) is 0 Å². The Morgan fingerprint density at radius 3 is 2.62 bits per heavy atom. The minimum atomic E-state index is -0.566. The fourth-order valence-electron chi connectivity index (χ4n) is 4.12. The molecule has 37 heavy (non-hydrogen) atoms. The van der Waals surface area contributed by atoms with Crippen LogP contribution in [0.4, 0.5) is 5.95 Å².